The predicted octanol–water partition coefficient (Wildman–Crippen LogP) is 3.06. The second-order valence-corrected chi connectivity index (χ2v) is 10.7. The number of carbonyl (C=O) groups is 1. The standard InChI is InChI=1S/C27H27N3O6S/c1-30-25(31)27(29-26(30)28,21-9-10-24-18(13-21)7-5-11-35-24)20-8-4-6-17(12-20)19-14-22(34-2)16-23(15-19)36-37(3,32)33/h4,6,8-10,12-16H,5,7,11H2,1-3H3,(H2,28,29). The van der Waals surface area contributed by atoms with Crippen molar-refractivity contribution in [3.05, 3.63) is 77.4 Å². The number of carbonyl (C=O) groups excluding carboxylic acids is 1. The van der Waals surface area contributed by atoms with Gasteiger partial charge < -0.3 is 19.4 Å². The van der Waals surface area contributed by atoms with Crippen LogP contribution in [0.25, 0.3) is 11.1 Å². The Morgan fingerprint density at radius 3 is 2.49 bits per heavy atom. The van der Waals surface area contributed by atoms with Gasteiger partial charge in [-0.25, -0.2) is 4.99 Å². The maximum absolute atomic E-state index is 13.8. The summed E-state index contributed by atoms with van der Waals surface area (Å²) in [6, 6.07) is 17.9. The van der Waals surface area contributed by atoms with Crippen molar-refractivity contribution in [2.75, 3.05) is 27.0 Å². The Morgan fingerprint density at radius 2 is 1.78 bits per heavy atom. The average Bonchev–Trinajstić information content (AvgIpc) is 3.12. The number of nitrogens with two attached hydrogens (primary N) is 1. The summed E-state index contributed by atoms with van der Waals surface area (Å²) in [6.07, 6.45) is 2.71. The van der Waals surface area contributed by atoms with Gasteiger partial charge in [-0.2, -0.15) is 8.42 Å². The molecule has 3 aromatic carbocycles. The Kier molecular flexibility index (Phi) is 6.07. The molecule has 0 spiro atoms. The lowest BCUT2D eigenvalue weighted by molar-refractivity contribution is -0.129. The van der Waals surface area contributed by atoms with E-state index in [9.17, 15) is 13.2 Å². The highest BCUT2D eigenvalue weighted by Gasteiger charge is 2.49. The molecule has 9 nitrogen and oxygen atoms in total. The van der Waals surface area contributed by atoms with Crippen LogP contribution in [0, 0.1) is 0 Å². The van der Waals surface area contributed by atoms with Crippen LogP contribution in [-0.2, 0) is 26.9 Å². The summed E-state index contributed by atoms with van der Waals surface area (Å²) in [5.41, 5.74) is 8.47. The first-order chi connectivity index (χ1) is 17.6. The first kappa shape index (κ1) is 24.6. The summed E-state index contributed by atoms with van der Waals surface area (Å²) >= 11 is 0. The van der Waals surface area contributed by atoms with Crippen molar-refractivity contribution in [3.63, 3.8) is 0 Å². The van der Waals surface area contributed by atoms with E-state index in [0.717, 1.165) is 30.4 Å². The molecule has 2 N–H and O–H groups in total. The van der Waals surface area contributed by atoms with Gasteiger partial charge in [-0.3, -0.25) is 9.69 Å². The van der Waals surface area contributed by atoms with Gasteiger partial charge >= 0.3 is 10.1 Å². The molecule has 0 saturated heterocycles. The second kappa shape index (κ2) is 9.11. The molecule has 1 atom stereocenters. The number of ether oxygens (including phenoxy) is 2. The number of aryl methyl sites for hydroxylation is 1. The summed E-state index contributed by atoms with van der Waals surface area (Å²) in [6.45, 7) is 0.665. The van der Waals surface area contributed by atoms with Crippen molar-refractivity contribution in [2.24, 2.45) is 10.7 Å². The molecule has 37 heavy (non-hydrogen) atoms. The SMILES string of the molecule is COc1cc(OS(C)(=O)=O)cc(-c2cccc(C3(c4ccc5c(c4)CCCO5)N=C(N)N(C)C3=O)c2)c1. The van der Waals surface area contributed by atoms with Gasteiger partial charge in [-0.15, -0.1) is 0 Å². The van der Waals surface area contributed by atoms with Crippen LogP contribution in [0.2, 0.25) is 0 Å². The van der Waals surface area contributed by atoms with E-state index in [1.54, 1.807) is 19.2 Å². The highest BCUT2D eigenvalue weighted by molar-refractivity contribution is 7.86. The summed E-state index contributed by atoms with van der Waals surface area (Å²) in [5, 5.41) is 0. The second-order valence-electron chi connectivity index (χ2n) is 9.08. The van der Waals surface area contributed by atoms with Crippen molar-refractivity contribution in [1.82, 2.24) is 4.90 Å². The highest BCUT2D eigenvalue weighted by Crippen LogP contribution is 2.43. The van der Waals surface area contributed by atoms with Crippen molar-refractivity contribution < 1.29 is 26.9 Å². The third-order valence-corrected chi connectivity index (χ3v) is 7.04. The van der Waals surface area contributed by atoms with Gasteiger partial charge in [-0.1, -0.05) is 24.3 Å². The zero-order valence-electron chi connectivity index (χ0n) is 20.7. The van der Waals surface area contributed by atoms with Crippen LogP contribution in [0.4, 0.5) is 0 Å². The van der Waals surface area contributed by atoms with Crippen LogP contribution in [0.1, 0.15) is 23.1 Å². The lowest BCUT2D eigenvalue weighted by Gasteiger charge is -2.28. The largest absolute Gasteiger partial charge is 0.497 e. The zero-order chi connectivity index (χ0) is 26.4. The van der Waals surface area contributed by atoms with E-state index in [4.69, 9.17) is 24.4 Å². The number of benzene rings is 3. The van der Waals surface area contributed by atoms with Crippen LogP contribution >= 0.6 is 0 Å². The van der Waals surface area contributed by atoms with Gasteiger partial charge in [0.05, 0.1) is 20.0 Å². The molecule has 1 unspecified atom stereocenters. The molecule has 0 radical (unpaired) electrons. The molecular weight excluding hydrogens is 494 g/mol. The minimum atomic E-state index is -3.74. The van der Waals surface area contributed by atoms with Gasteiger partial charge in [0.1, 0.15) is 17.2 Å². The molecule has 2 heterocycles. The fraction of sp³-hybridized carbons (Fsp3) is 0.259. The number of likely N-dealkylation sites (N-methyl/N-ethyl adjacent to an activating group) is 1. The van der Waals surface area contributed by atoms with Crippen LogP contribution in [0.15, 0.2) is 65.7 Å². The molecule has 5 rings (SSSR count). The van der Waals surface area contributed by atoms with Crippen LogP contribution in [-0.4, -0.2) is 52.2 Å². The van der Waals surface area contributed by atoms with Gasteiger partial charge in [0.2, 0.25) is 0 Å². The normalized spacial score (nSPS) is 19.2. The molecule has 0 aromatic heterocycles. The Bertz CT molecular complexity index is 1530. The van der Waals surface area contributed by atoms with E-state index in [1.807, 2.05) is 42.5 Å². The number of fused-ring (bicyclic) bond motifs is 1. The Hall–Kier alpha value is -4.05. The quantitative estimate of drug-likeness (QED) is 0.495. The van der Waals surface area contributed by atoms with Crippen molar-refractivity contribution in [3.8, 4) is 28.4 Å². The lowest BCUT2D eigenvalue weighted by atomic mass is 9.80. The van der Waals surface area contributed by atoms with Gasteiger partial charge in [0.15, 0.2) is 11.5 Å². The third kappa shape index (κ3) is 4.48. The van der Waals surface area contributed by atoms with Crippen LogP contribution < -0.4 is 19.4 Å². The van der Waals surface area contributed by atoms with E-state index in [0.29, 0.717) is 34.6 Å². The van der Waals surface area contributed by atoms with E-state index in [2.05, 4.69) is 0 Å². The van der Waals surface area contributed by atoms with Crippen LogP contribution in [0.3, 0.4) is 0 Å². The fourth-order valence-electron chi connectivity index (χ4n) is 4.77. The first-order valence-corrected chi connectivity index (χ1v) is 13.5. The number of amides is 1. The molecule has 2 aliphatic rings. The number of aliphatic imine (C=N–C) groups is 1. The number of methoxy groups -OCH3 is 1. The van der Waals surface area contributed by atoms with Crippen molar-refractivity contribution in [1.29, 1.82) is 0 Å². The van der Waals surface area contributed by atoms with E-state index >= 15 is 0 Å². The summed E-state index contributed by atoms with van der Waals surface area (Å²) in [7, 11) is -0.656. The molecule has 0 bridgehead atoms. The maximum Gasteiger partial charge on any atom is 0.306 e. The monoisotopic (exact) mass is 521 g/mol. The molecular formula is C27H27N3O6S. The molecule has 3 aromatic rings. The molecule has 192 valence electrons. The topological polar surface area (TPSA) is 121 Å². The molecule has 10 heteroatoms. The summed E-state index contributed by atoms with van der Waals surface area (Å²) in [4.78, 5) is 19.8. The van der Waals surface area contributed by atoms with E-state index in [-0.39, 0.29) is 17.6 Å². The maximum atomic E-state index is 13.8. The van der Waals surface area contributed by atoms with Crippen molar-refractivity contribution in [2.45, 2.75) is 18.4 Å². The number of hydrogen-bond donors (Lipinski definition) is 1. The average molecular weight is 522 g/mol. The minimum Gasteiger partial charge on any atom is -0.497 e. The molecule has 0 saturated carbocycles. The van der Waals surface area contributed by atoms with Gasteiger partial charge in [0, 0.05) is 13.1 Å². The number of rotatable bonds is 6. The van der Waals surface area contributed by atoms with Gasteiger partial charge in [0.25, 0.3) is 5.91 Å². The predicted molar refractivity (Wildman–Crippen MR) is 139 cm³/mol. The molecule has 2 aliphatic heterocycles. The highest BCUT2D eigenvalue weighted by atomic mass is 32.2. The van der Waals surface area contributed by atoms with Crippen molar-refractivity contribution >= 4 is 22.0 Å². The first-order valence-electron chi connectivity index (χ1n) is 11.7. The molecule has 0 fully saturated rings. The smallest absolute Gasteiger partial charge is 0.306 e. The Labute approximate surface area is 215 Å². The summed E-state index contributed by atoms with van der Waals surface area (Å²) < 4.78 is 39.7. The third-order valence-electron chi connectivity index (χ3n) is 6.54. The molecule has 1 amide bonds. The van der Waals surface area contributed by atoms with Crippen LogP contribution in [0.5, 0.6) is 17.2 Å². The number of nitrogens with zero attached hydrogens (tertiary/aromatic N) is 2. The Morgan fingerprint density at radius 1 is 1.03 bits per heavy atom. The summed E-state index contributed by atoms with van der Waals surface area (Å²) in [5.74, 6) is 1.19. The molecule has 0 aliphatic carbocycles. The van der Waals surface area contributed by atoms with Gasteiger partial charge in [-0.05, 0) is 71.0 Å². The zero-order valence-corrected chi connectivity index (χ0v) is 21.5. The number of guanidine groups is 1. The van der Waals surface area contributed by atoms with E-state index < -0.39 is 15.7 Å². The number of hydrogen-bond acceptors (Lipinski definition) is 8. The fourth-order valence-corrected chi connectivity index (χ4v) is 5.22. The Balaban J connectivity index is 1.67. The van der Waals surface area contributed by atoms with E-state index in [1.165, 1.54) is 18.1 Å². The minimum absolute atomic E-state index is 0.116. The lowest BCUT2D eigenvalue weighted by Crippen LogP contribution is -2.41.